The first-order valence-electron chi connectivity index (χ1n) is 9.03. The Kier molecular flexibility index (Phi) is 6.76. The van der Waals surface area contributed by atoms with Gasteiger partial charge in [0.05, 0.1) is 18.5 Å². The Labute approximate surface area is 171 Å². The van der Waals surface area contributed by atoms with Crippen LogP contribution in [0.25, 0.3) is 10.9 Å². The summed E-state index contributed by atoms with van der Waals surface area (Å²) in [6, 6.07) is 17.2. The fraction of sp³-hybridized carbons (Fsp3) is 0.227. The summed E-state index contributed by atoms with van der Waals surface area (Å²) in [6.45, 7) is 2.34. The highest BCUT2D eigenvalue weighted by Crippen LogP contribution is 2.29. The van der Waals surface area contributed by atoms with Crippen LogP contribution < -0.4 is 4.74 Å². The van der Waals surface area contributed by atoms with E-state index in [2.05, 4.69) is 20.9 Å². The van der Waals surface area contributed by atoms with E-state index in [0.29, 0.717) is 24.5 Å². The number of Topliss-reactive ketones (excluding diaryl/α,β-unsaturated/α-hetero) is 1. The summed E-state index contributed by atoms with van der Waals surface area (Å²) >= 11 is 3.47. The number of pyridine rings is 1. The van der Waals surface area contributed by atoms with Gasteiger partial charge in [0.1, 0.15) is 18.1 Å². The minimum atomic E-state index is -0.399. The van der Waals surface area contributed by atoms with Gasteiger partial charge in [-0.05, 0) is 40.5 Å². The third-order valence-corrected chi connectivity index (χ3v) is 4.76. The molecule has 0 aliphatic heterocycles. The molecule has 144 valence electrons. The maximum absolute atomic E-state index is 12.8. The lowest BCUT2D eigenvalue weighted by molar-refractivity contribution is -0.143. The van der Waals surface area contributed by atoms with Crippen LogP contribution in [0.3, 0.4) is 0 Å². The number of benzene rings is 2. The molecule has 1 aromatic heterocycles. The molecule has 6 heteroatoms. The maximum Gasteiger partial charge on any atom is 0.306 e. The third-order valence-electron chi connectivity index (χ3n) is 4.12. The molecule has 5 nitrogen and oxygen atoms in total. The molecular formula is C22H20BrNO4. The number of halogens is 1. The molecule has 28 heavy (non-hydrogen) atoms. The molecule has 0 atom stereocenters. The summed E-state index contributed by atoms with van der Waals surface area (Å²) in [5.74, 6) is -0.248. The Morgan fingerprint density at radius 1 is 1.04 bits per heavy atom. The summed E-state index contributed by atoms with van der Waals surface area (Å²) in [5, 5.41) is 0.861. The average molecular weight is 442 g/mol. The van der Waals surface area contributed by atoms with Gasteiger partial charge in [0, 0.05) is 16.3 Å². The molecule has 0 saturated heterocycles. The monoisotopic (exact) mass is 441 g/mol. The summed E-state index contributed by atoms with van der Waals surface area (Å²) in [5.41, 5.74) is 1.88. The number of para-hydroxylation sites is 1. The first-order valence-corrected chi connectivity index (χ1v) is 9.82. The number of esters is 1. The van der Waals surface area contributed by atoms with Gasteiger partial charge in [0.15, 0.2) is 5.78 Å². The summed E-state index contributed by atoms with van der Waals surface area (Å²) in [7, 11) is 0. The molecular weight excluding hydrogens is 422 g/mol. The molecule has 3 aromatic rings. The van der Waals surface area contributed by atoms with E-state index in [1.54, 1.807) is 6.92 Å². The molecule has 0 N–H and O–H groups in total. The second kappa shape index (κ2) is 9.46. The van der Waals surface area contributed by atoms with Crippen molar-refractivity contribution < 1.29 is 19.1 Å². The van der Waals surface area contributed by atoms with Crippen LogP contribution in [0.15, 0.2) is 59.1 Å². The fourth-order valence-corrected chi connectivity index (χ4v) is 3.23. The molecule has 0 amide bonds. The van der Waals surface area contributed by atoms with Gasteiger partial charge in [-0.25, -0.2) is 4.98 Å². The first-order chi connectivity index (χ1) is 13.6. The largest absolute Gasteiger partial charge is 0.486 e. The molecule has 3 rings (SSSR count). The third kappa shape index (κ3) is 4.95. The molecule has 0 spiro atoms. The van der Waals surface area contributed by atoms with Crippen LogP contribution in [0.5, 0.6) is 5.75 Å². The van der Waals surface area contributed by atoms with Crippen molar-refractivity contribution in [1.82, 2.24) is 4.98 Å². The predicted octanol–water partition coefficient (Wildman–Crippen LogP) is 5.10. The lowest BCUT2D eigenvalue weighted by atomic mass is 10.1. The molecule has 1 heterocycles. The summed E-state index contributed by atoms with van der Waals surface area (Å²) < 4.78 is 11.6. The smallest absolute Gasteiger partial charge is 0.306 e. The lowest BCUT2D eigenvalue weighted by Crippen LogP contribution is -2.11. The minimum absolute atomic E-state index is 0.0144. The van der Waals surface area contributed by atoms with E-state index in [1.807, 2.05) is 54.6 Å². The van der Waals surface area contributed by atoms with Crippen molar-refractivity contribution >= 4 is 38.6 Å². The number of carbonyl (C=O) groups is 2. The van der Waals surface area contributed by atoms with E-state index in [0.717, 1.165) is 15.4 Å². The standard InChI is InChI=1S/C22H20BrNO4/c1-2-27-20(26)12-11-18(25)22-19(28-14-15-7-4-3-5-8-15)13-16-9-6-10-17(23)21(16)24-22/h3-10,13H,2,11-12,14H2,1H3. The second-order valence-electron chi connectivity index (χ2n) is 6.15. The molecule has 0 aliphatic rings. The van der Waals surface area contributed by atoms with Crippen LogP contribution in [0.1, 0.15) is 35.8 Å². The van der Waals surface area contributed by atoms with Crippen LogP contribution in [-0.2, 0) is 16.1 Å². The Morgan fingerprint density at radius 3 is 2.57 bits per heavy atom. The molecule has 0 bridgehead atoms. The molecule has 2 aromatic carbocycles. The van der Waals surface area contributed by atoms with Crippen molar-refractivity contribution in [3.05, 3.63) is 70.3 Å². The summed E-state index contributed by atoms with van der Waals surface area (Å²) in [4.78, 5) is 28.9. The van der Waals surface area contributed by atoms with E-state index in [-0.39, 0.29) is 24.3 Å². The highest BCUT2D eigenvalue weighted by molar-refractivity contribution is 9.10. The van der Waals surface area contributed by atoms with Gasteiger partial charge < -0.3 is 9.47 Å². The van der Waals surface area contributed by atoms with Crippen molar-refractivity contribution in [3.8, 4) is 5.75 Å². The molecule has 0 saturated carbocycles. The van der Waals surface area contributed by atoms with Crippen LogP contribution in [0, 0.1) is 0 Å². The summed E-state index contributed by atoms with van der Waals surface area (Å²) in [6.07, 6.45) is 0.0317. The number of ketones is 1. The maximum atomic E-state index is 12.8. The molecule has 0 radical (unpaired) electrons. The highest BCUT2D eigenvalue weighted by Gasteiger charge is 2.19. The SMILES string of the molecule is CCOC(=O)CCC(=O)c1nc2c(Br)cccc2cc1OCc1ccccc1. The van der Waals surface area contributed by atoms with Crippen molar-refractivity contribution in [1.29, 1.82) is 0 Å². The Morgan fingerprint density at radius 2 is 1.82 bits per heavy atom. The van der Waals surface area contributed by atoms with E-state index in [1.165, 1.54) is 0 Å². The highest BCUT2D eigenvalue weighted by atomic mass is 79.9. The van der Waals surface area contributed by atoms with Gasteiger partial charge in [0.2, 0.25) is 0 Å². The van der Waals surface area contributed by atoms with E-state index < -0.39 is 5.97 Å². The van der Waals surface area contributed by atoms with E-state index in [4.69, 9.17) is 9.47 Å². The first kappa shape index (κ1) is 20.0. The lowest BCUT2D eigenvalue weighted by Gasteiger charge is -2.12. The van der Waals surface area contributed by atoms with Gasteiger partial charge in [-0.1, -0.05) is 42.5 Å². The van der Waals surface area contributed by atoms with Crippen molar-refractivity contribution in [2.24, 2.45) is 0 Å². The zero-order valence-corrected chi connectivity index (χ0v) is 17.1. The molecule has 0 unspecified atom stereocenters. The zero-order valence-electron chi connectivity index (χ0n) is 15.5. The van der Waals surface area contributed by atoms with Gasteiger partial charge >= 0.3 is 5.97 Å². The molecule has 0 fully saturated rings. The van der Waals surface area contributed by atoms with Gasteiger partial charge in [-0.15, -0.1) is 0 Å². The number of carbonyl (C=O) groups excluding carboxylic acids is 2. The van der Waals surface area contributed by atoms with Crippen LogP contribution in [0.2, 0.25) is 0 Å². The predicted molar refractivity (Wildman–Crippen MR) is 110 cm³/mol. The van der Waals surface area contributed by atoms with Crippen LogP contribution in [0.4, 0.5) is 0 Å². The number of fused-ring (bicyclic) bond motifs is 1. The quantitative estimate of drug-likeness (QED) is 0.359. The number of nitrogens with zero attached hydrogens (tertiary/aromatic N) is 1. The Bertz CT molecular complexity index is 988. The van der Waals surface area contributed by atoms with Gasteiger partial charge in [-0.3, -0.25) is 9.59 Å². The van der Waals surface area contributed by atoms with E-state index >= 15 is 0 Å². The van der Waals surface area contributed by atoms with Gasteiger partial charge in [-0.2, -0.15) is 0 Å². The zero-order chi connectivity index (χ0) is 19.9. The topological polar surface area (TPSA) is 65.5 Å². The van der Waals surface area contributed by atoms with Crippen molar-refractivity contribution in [2.75, 3.05) is 6.61 Å². The van der Waals surface area contributed by atoms with E-state index in [9.17, 15) is 9.59 Å². The second-order valence-corrected chi connectivity index (χ2v) is 7.00. The van der Waals surface area contributed by atoms with Crippen LogP contribution in [-0.4, -0.2) is 23.3 Å². The normalized spacial score (nSPS) is 10.6. The Hall–Kier alpha value is -2.73. The number of hydrogen-bond acceptors (Lipinski definition) is 5. The Balaban J connectivity index is 1.89. The number of hydrogen-bond donors (Lipinski definition) is 0. The van der Waals surface area contributed by atoms with Crippen LogP contribution >= 0.6 is 15.9 Å². The number of ether oxygens (including phenoxy) is 2. The van der Waals surface area contributed by atoms with Gasteiger partial charge in [0.25, 0.3) is 0 Å². The average Bonchev–Trinajstić information content (AvgIpc) is 2.71. The van der Waals surface area contributed by atoms with Crippen molar-refractivity contribution in [3.63, 3.8) is 0 Å². The minimum Gasteiger partial charge on any atom is -0.486 e. The van der Waals surface area contributed by atoms with Crippen molar-refractivity contribution in [2.45, 2.75) is 26.4 Å². The molecule has 0 aliphatic carbocycles. The number of aromatic nitrogens is 1. The number of rotatable bonds is 8. The fourth-order valence-electron chi connectivity index (χ4n) is 2.76.